The molecule has 0 saturated heterocycles. The molecule has 6 heteroatoms. The molecule has 0 fully saturated rings. The summed E-state index contributed by atoms with van der Waals surface area (Å²) in [4.78, 5) is 4.14. The summed E-state index contributed by atoms with van der Waals surface area (Å²) < 4.78 is 18.1. The summed E-state index contributed by atoms with van der Waals surface area (Å²) in [6.07, 6.45) is 0. The molecule has 22 heavy (non-hydrogen) atoms. The van der Waals surface area contributed by atoms with Gasteiger partial charge in [0.25, 0.3) is 0 Å². The number of nitrogens with zero attached hydrogens (tertiary/aromatic N) is 2. The van der Waals surface area contributed by atoms with Crippen LogP contribution in [0.2, 0.25) is 0 Å². The van der Waals surface area contributed by atoms with E-state index in [9.17, 15) is 4.39 Å². The van der Waals surface area contributed by atoms with E-state index in [-0.39, 0.29) is 5.82 Å². The van der Waals surface area contributed by atoms with Crippen molar-refractivity contribution in [2.24, 2.45) is 4.99 Å². The van der Waals surface area contributed by atoms with Gasteiger partial charge >= 0.3 is 0 Å². The van der Waals surface area contributed by atoms with Crippen LogP contribution in [0.15, 0.2) is 39.8 Å². The van der Waals surface area contributed by atoms with Gasteiger partial charge in [0.2, 0.25) is 0 Å². The summed E-state index contributed by atoms with van der Waals surface area (Å²) in [5.41, 5.74) is 1.91. The molecule has 2 aromatic rings. The Labute approximate surface area is 129 Å². The highest BCUT2D eigenvalue weighted by Gasteiger charge is 2.08. The van der Waals surface area contributed by atoms with Crippen molar-refractivity contribution in [3.8, 4) is 0 Å². The van der Waals surface area contributed by atoms with Gasteiger partial charge in [0.05, 0.1) is 12.2 Å². The van der Waals surface area contributed by atoms with Crippen LogP contribution in [0.1, 0.15) is 36.8 Å². The first kappa shape index (κ1) is 16.0. The minimum absolute atomic E-state index is 0.238. The number of aromatic nitrogens is 1. The van der Waals surface area contributed by atoms with E-state index in [4.69, 9.17) is 4.52 Å². The second kappa shape index (κ2) is 7.59. The van der Waals surface area contributed by atoms with Gasteiger partial charge in [0.15, 0.2) is 11.7 Å². The Balaban J connectivity index is 1.83. The largest absolute Gasteiger partial charge is 0.359 e. The Morgan fingerprint density at radius 1 is 1.23 bits per heavy atom. The van der Waals surface area contributed by atoms with Crippen LogP contribution in [-0.2, 0) is 13.1 Å². The molecule has 5 nitrogen and oxygen atoms in total. The van der Waals surface area contributed by atoms with E-state index in [0.29, 0.717) is 25.0 Å². The molecule has 0 aliphatic rings. The fourth-order valence-electron chi connectivity index (χ4n) is 1.86. The lowest BCUT2D eigenvalue weighted by atomic mass is 10.1. The van der Waals surface area contributed by atoms with Crippen molar-refractivity contribution < 1.29 is 8.91 Å². The van der Waals surface area contributed by atoms with Crippen molar-refractivity contribution in [3.05, 3.63) is 53.2 Å². The molecule has 0 saturated carbocycles. The van der Waals surface area contributed by atoms with Crippen LogP contribution in [0.5, 0.6) is 0 Å². The zero-order valence-corrected chi connectivity index (χ0v) is 13.1. The lowest BCUT2D eigenvalue weighted by Crippen LogP contribution is -2.36. The van der Waals surface area contributed by atoms with Crippen molar-refractivity contribution in [3.63, 3.8) is 0 Å². The molecular weight excluding hydrogens is 283 g/mol. The van der Waals surface area contributed by atoms with Crippen LogP contribution in [0.25, 0.3) is 0 Å². The summed E-state index contributed by atoms with van der Waals surface area (Å²) >= 11 is 0. The number of halogens is 1. The van der Waals surface area contributed by atoms with Crippen molar-refractivity contribution >= 4 is 5.96 Å². The minimum atomic E-state index is -0.238. The van der Waals surface area contributed by atoms with Gasteiger partial charge in [-0.25, -0.2) is 4.39 Å². The SMILES string of the molecule is CN=C(NCc1ccc(F)cc1)NCc1cc(C(C)C)no1. The zero-order chi connectivity index (χ0) is 15.9. The molecule has 0 bridgehead atoms. The maximum absolute atomic E-state index is 12.8. The molecule has 1 aromatic carbocycles. The average molecular weight is 304 g/mol. The minimum Gasteiger partial charge on any atom is -0.359 e. The zero-order valence-electron chi connectivity index (χ0n) is 13.1. The lowest BCUT2D eigenvalue weighted by Gasteiger charge is -2.10. The first-order valence-corrected chi connectivity index (χ1v) is 7.23. The van der Waals surface area contributed by atoms with Crippen LogP contribution < -0.4 is 10.6 Å². The molecule has 0 radical (unpaired) electrons. The Morgan fingerprint density at radius 3 is 2.50 bits per heavy atom. The highest BCUT2D eigenvalue weighted by atomic mass is 19.1. The molecule has 1 aromatic heterocycles. The molecule has 1 heterocycles. The van der Waals surface area contributed by atoms with Crippen LogP contribution in [0.4, 0.5) is 4.39 Å². The highest BCUT2D eigenvalue weighted by Crippen LogP contribution is 2.13. The quantitative estimate of drug-likeness (QED) is 0.658. The summed E-state index contributed by atoms with van der Waals surface area (Å²) in [6.45, 7) is 5.20. The number of guanidine groups is 1. The van der Waals surface area contributed by atoms with Gasteiger partial charge in [0, 0.05) is 19.7 Å². The van der Waals surface area contributed by atoms with Gasteiger partial charge in [-0.3, -0.25) is 4.99 Å². The number of aliphatic imine (C=N–C) groups is 1. The third kappa shape index (κ3) is 4.58. The van der Waals surface area contributed by atoms with Crippen molar-refractivity contribution in [2.45, 2.75) is 32.9 Å². The number of rotatable bonds is 5. The lowest BCUT2D eigenvalue weighted by molar-refractivity contribution is 0.372. The Kier molecular flexibility index (Phi) is 5.52. The number of hydrogen-bond acceptors (Lipinski definition) is 3. The van der Waals surface area contributed by atoms with Gasteiger partial charge in [-0.1, -0.05) is 31.1 Å². The normalized spacial score (nSPS) is 11.8. The van der Waals surface area contributed by atoms with E-state index in [2.05, 4.69) is 34.6 Å². The third-order valence-electron chi connectivity index (χ3n) is 3.20. The Hall–Kier alpha value is -2.37. The second-order valence-corrected chi connectivity index (χ2v) is 5.28. The van der Waals surface area contributed by atoms with Crippen LogP contribution in [0, 0.1) is 5.82 Å². The molecule has 0 amide bonds. The van der Waals surface area contributed by atoms with Crippen molar-refractivity contribution in [1.82, 2.24) is 15.8 Å². The Morgan fingerprint density at radius 2 is 1.91 bits per heavy atom. The van der Waals surface area contributed by atoms with Crippen molar-refractivity contribution in [2.75, 3.05) is 7.05 Å². The van der Waals surface area contributed by atoms with Gasteiger partial charge in [0.1, 0.15) is 5.82 Å². The van der Waals surface area contributed by atoms with Gasteiger partial charge < -0.3 is 15.2 Å². The maximum Gasteiger partial charge on any atom is 0.191 e. The standard InChI is InChI=1S/C16H21FN4O/c1-11(2)15-8-14(22-21-15)10-20-16(18-3)19-9-12-4-6-13(17)7-5-12/h4-8,11H,9-10H2,1-3H3,(H2,18,19,20). The molecule has 2 N–H and O–H groups in total. The fraction of sp³-hybridized carbons (Fsp3) is 0.375. The summed E-state index contributed by atoms with van der Waals surface area (Å²) in [7, 11) is 1.69. The first-order valence-electron chi connectivity index (χ1n) is 7.23. The predicted octanol–water partition coefficient (Wildman–Crippen LogP) is 2.80. The molecule has 0 spiro atoms. The van der Waals surface area contributed by atoms with E-state index in [1.807, 2.05) is 6.07 Å². The highest BCUT2D eigenvalue weighted by molar-refractivity contribution is 5.79. The topological polar surface area (TPSA) is 62.5 Å². The molecule has 0 aliphatic carbocycles. The number of hydrogen-bond donors (Lipinski definition) is 2. The average Bonchev–Trinajstić information content (AvgIpc) is 2.98. The molecule has 0 unspecified atom stereocenters. The van der Waals surface area contributed by atoms with E-state index in [1.54, 1.807) is 19.2 Å². The number of nitrogens with one attached hydrogen (secondary N) is 2. The van der Waals surface area contributed by atoms with Gasteiger partial charge in [-0.15, -0.1) is 0 Å². The monoisotopic (exact) mass is 304 g/mol. The van der Waals surface area contributed by atoms with E-state index >= 15 is 0 Å². The molecule has 118 valence electrons. The van der Waals surface area contributed by atoms with Gasteiger partial charge in [-0.2, -0.15) is 0 Å². The van der Waals surface area contributed by atoms with Crippen molar-refractivity contribution in [1.29, 1.82) is 0 Å². The van der Waals surface area contributed by atoms with E-state index in [1.165, 1.54) is 12.1 Å². The van der Waals surface area contributed by atoms with E-state index < -0.39 is 0 Å². The maximum atomic E-state index is 12.8. The number of benzene rings is 1. The fourth-order valence-corrected chi connectivity index (χ4v) is 1.86. The molecule has 2 rings (SSSR count). The smallest absolute Gasteiger partial charge is 0.191 e. The molecule has 0 atom stereocenters. The Bertz CT molecular complexity index is 619. The molecular formula is C16H21FN4O. The summed E-state index contributed by atoms with van der Waals surface area (Å²) in [5.74, 6) is 1.51. The van der Waals surface area contributed by atoms with Gasteiger partial charge in [-0.05, 0) is 23.6 Å². The van der Waals surface area contributed by atoms with Crippen LogP contribution in [0.3, 0.4) is 0 Å². The van der Waals surface area contributed by atoms with Crippen LogP contribution in [-0.4, -0.2) is 18.2 Å². The predicted molar refractivity (Wildman–Crippen MR) is 84.0 cm³/mol. The second-order valence-electron chi connectivity index (χ2n) is 5.28. The molecule has 0 aliphatic heterocycles. The third-order valence-corrected chi connectivity index (χ3v) is 3.20. The summed E-state index contributed by atoms with van der Waals surface area (Å²) in [5, 5.41) is 10.3. The summed E-state index contributed by atoms with van der Waals surface area (Å²) in [6, 6.07) is 8.29. The van der Waals surface area contributed by atoms with E-state index in [0.717, 1.165) is 17.0 Å². The first-order chi connectivity index (χ1) is 10.6. The van der Waals surface area contributed by atoms with Crippen LogP contribution >= 0.6 is 0 Å².